The fourth-order valence-electron chi connectivity index (χ4n) is 3.16. The van der Waals surface area contributed by atoms with E-state index in [0.717, 1.165) is 15.8 Å². The summed E-state index contributed by atoms with van der Waals surface area (Å²) in [5.74, 6) is -0.933. The third-order valence-corrected chi connectivity index (χ3v) is 6.50. The zero-order chi connectivity index (χ0) is 21.3. The second-order valence-corrected chi connectivity index (χ2v) is 8.56. The fourth-order valence-corrected chi connectivity index (χ4v) is 4.62. The van der Waals surface area contributed by atoms with Crippen molar-refractivity contribution in [2.45, 2.75) is 19.9 Å². The first-order chi connectivity index (χ1) is 14.4. The van der Waals surface area contributed by atoms with Gasteiger partial charge in [-0.1, -0.05) is 53.5 Å². The van der Waals surface area contributed by atoms with E-state index in [0.29, 0.717) is 38.6 Å². The number of aryl methyl sites for hydroxylation is 1. The Balaban J connectivity index is 1.75. The zero-order valence-corrected chi connectivity index (χ0v) is 18.3. The highest BCUT2D eigenvalue weighted by atomic mass is 35.5. The summed E-state index contributed by atoms with van der Waals surface area (Å²) >= 11 is 14.4. The van der Waals surface area contributed by atoms with Gasteiger partial charge in [-0.15, -0.1) is 11.3 Å². The molecule has 0 aliphatic heterocycles. The Morgan fingerprint density at radius 2 is 1.90 bits per heavy atom. The molecule has 152 valence electrons. The Morgan fingerprint density at radius 1 is 1.17 bits per heavy atom. The molecule has 4 aromatic rings. The first-order valence-corrected chi connectivity index (χ1v) is 10.7. The topological polar surface area (TPSA) is 68.0 Å². The standard InChI is InChI=1S/C22H17Cl2N3O2S/c1-13-16(21(24)27(26-13)12-14-6-2-3-7-17(14)23)10-15(11-20(28)29)22-25-18-8-4-5-9-19(18)30-22/h2-10H,11-12H2,1H3,(H,28,29). The van der Waals surface area contributed by atoms with Crippen molar-refractivity contribution in [2.24, 2.45) is 0 Å². The minimum Gasteiger partial charge on any atom is -0.481 e. The summed E-state index contributed by atoms with van der Waals surface area (Å²) in [5, 5.41) is 15.7. The summed E-state index contributed by atoms with van der Waals surface area (Å²) in [6, 6.07) is 15.2. The van der Waals surface area contributed by atoms with Crippen LogP contribution >= 0.6 is 34.5 Å². The predicted molar refractivity (Wildman–Crippen MR) is 122 cm³/mol. The molecule has 8 heteroatoms. The third kappa shape index (κ3) is 4.26. The van der Waals surface area contributed by atoms with Gasteiger partial charge in [0.25, 0.3) is 0 Å². The van der Waals surface area contributed by atoms with Crippen molar-refractivity contribution in [1.82, 2.24) is 14.8 Å². The number of para-hydroxylation sites is 1. The van der Waals surface area contributed by atoms with Crippen molar-refractivity contribution in [2.75, 3.05) is 0 Å². The number of halogens is 2. The average Bonchev–Trinajstić information content (AvgIpc) is 3.25. The number of thiazole rings is 1. The number of aromatic nitrogens is 3. The van der Waals surface area contributed by atoms with Gasteiger partial charge in [-0.05, 0) is 42.3 Å². The summed E-state index contributed by atoms with van der Waals surface area (Å²) in [6.45, 7) is 2.26. The molecular formula is C22H17Cl2N3O2S. The summed E-state index contributed by atoms with van der Waals surface area (Å²) in [5.41, 5.74) is 3.71. The van der Waals surface area contributed by atoms with Crippen LogP contribution in [-0.2, 0) is 11.3 Å². The van der Waals surface area contributed by atoms with E-state index >= 15 is 0 Å². The molecule has 0 unspecified atom stereocenters. The molecule has 2 aromatic carbocycles. The van der Waals surface area contributed by atoms with Gasteiger partial charge in [-0.2, -0.15) is 5.10 Å². The summed E-state index contributed by atoms with van der Waals surface area (Å²) in [6.07, 6.45) is 1.62. The lowest BCUT2D eigenvalue weighted by molar-refractivity contribution is -0.135. The fraction of sp³-hybridized carbons (Fsp3) is 0.136. The molecular weight excluding hydrogens is 441 g/mol. The van der Waals surface area contributed by atoms with Crippen LogP contribution in [0.2, 0.25) is 10.2 Å². The van der Waals surface area contributed by atoms with Crippen LogP contribution in [0.4, 0.5) is 0 Å². The van der Waals surface area contributed by atoms with Crippen LogP contribution < -0.4 is 0 Å². The molecule has 1 N–H and O–H groups in total. The Morgan fingerprint density at radius 3 is 2.63 bits per heavy atom. The van der Waals surface area contributed by atoms with E-state index < -0.39 is 5.97 Å². The Hall–Kier alpha value is -2.67. The first kappa shape index (κ1) is 20.6. The van der Waals surface area contributed by atoms with Gasteiger partial charge >= 0.3 is 5.97 Å². The highest BCUT2D eigenvalue weighted by Gasteiger charge is 2.17. The molecule has 0 aliphatic carbocycles. The van der Waals surface area contributed by atoms with Gasteiger partial charge in [-0.3, -0.25) is 4.79 Å². The van der Waals surface area contributed by atoms with Gasteiger partial charge in [0.15, 0.2) is 0 Å². The van der Waals surface area contributed by atoms with Crippen LogP contribution in [0.3, 0.4) is 0 Å². The van der Waals surface area contributed by atoms with E-state index in [1.807, 2.05) is 55.5 Å². The maximum atomic E-state index is 11.5. The van der Waals surface area contributed by atoms with Crippen molar-refractivity contribution in [3.05, 3.63) is 80.5 Å². The van der Waals surface area contributed by atoms with Crippen molar-refractivity contribution in [3.63, 3.8) is 0 Å². The summed E-state index contributed by atoms with van der Waals surface area (Å²) < 4.78 is 2.67. The minimum atomic E-state index is -0.933. The largest absolute Gasteiger partial charge is 0.481 e. The lowest BCUT2D eigenvalue weighted by Gasteiger charge is -2.06. The molecule has 0 fully saturated rings. The third-order valence-electron chi connectivity index (χ3n) is 4.62. The molecule has 4 rings (SSSR count). The van der Waals surface area contributed by atoms with E-state index in [9.17, 15) is 9.90 Å². The molecule has 0 saturated heterocycles. The van der Waals surface area contributed by atoms with Gasteiger partial charge in [-0.25, -0.2) is 9.67 Å². The lowest BCUT2D eigenvalue weighted by Crippen LogP contribution is -2.02. The van der Waals surface area contributed by atoms with Crippen LogP contribution in [0.1, 0.15) is 28.2 Å². The van der Waals surface area contributed by atoms with Crippen LogP contribution in [0.15, 0.2) is 48.5 Å². The van der Waals surface area contributed by atoms with E-state index in [1.165, 1.54) is 11.3 Å². The van der Waals surface area contributed by atoms with E-state index in [2.05, 4.69) is 10.1 Å². The van der Waals surface area contributed by atoms with E-state index in [-0.39, 0.29) is 6.42 Å². The second-order valence-electron chi connectivity index (χ2n) is 6.77. The highest BCUT2D eigenvalue weighted by molar-refractivity contribution is 7.19. The van der Waals surface area contributed by atoms with E-state index in [4.69, 9.17) is 23.2 Å². The molecule has 0 amide bonds. The van der Waals surface area contributed by atoms with E-state index in [1.54, 1.807) is 10.8 Å². The van der Waals surface area contributed by atoms with Crippen LogP contribution in [0.25, 0.3) is 21.9 Å². The summed E-state index contributed by atoms with van der Waals surface area (Å²) in [4.78, 5) is 16.1. The predicted octanol–water partition coefficient (Wildman–Crippen LogP) is 6.17. The molecule has 0 spiro atoms. The van der Waals surface area contributed by atoms with Crippen LogP contribution in [0, 0.1) is 6.92 Å². The molecule has 0 atom stereocenters. The molecule has 0 saturated carbocycles. The average molecular weight is 458 g/mol. The Bertz CT molecular complexity index is 1240. The number of hydrogen-bond acceptors (Lipinski definition) is 4. The second kappa shape index (κ2) is 8.60. The monoisotopic (exact) mass is 457 g/mol. The SMILES string of the molecule is Cc1nn(Cc2ccccc2Cl)c(Cl)c1C=C(CC(=O)O)c1nc2ccccc2s1. The quantitative estimate of drug-likeness (QED) is 0.375. The lowest BCUT2D eigenvalue weighted by atomic mass is 10.1. The van der Waals surface area contributed by atoms with Gasteiger partial charge < -0.3 is 5.11 Å². The molecule has 0 radical (unpaired) electrons. The number of nitrogens with zero attached hydrogens (tertiary/aromatic N) is 3. The highest BCUT2D eigenvalue weighted by Crippen LogP contribution is 2.33. The number of hydrogen-bond donors (Lipinski definition) is 1. The number of aliphatic carboxylic acids is 1. The number of carbonyl (C=O) groups is 1. The number of carboxylic acids is 1. The molecule has 2 heterocycles. The van der Waals surface area contributed by atoms with Crippen molar-refractivity contribution >= 4 is 62.4 Å². The first-order valence-electron chi connectivity index (χ1n) is 9.17. The minimum absolute atomic E-state index is 0.161. The van der Waals surface area contributed by atoms with Crippen molar-refractivity contribution < 1.29 is 9.90 Å². The molecule has 0 bridgehead atoms. The normalized spacial score (nSPS) is 11.9. The van der Waals surface area contributed by atoms with Crippen molar-refractivity contribution in [3.8, 4) is 0 Å². The Kier molecular flexibility index (Phi) is 5.90. The molecule has 30 heavy (non-hydrogen) atoms. The van der Waals surface area contributed by atoms with Gasteiger partial charge in [0, 0.05) is 10.6 Å². The van der Waals surface area contributed by atoms with Crippen LogP contribution in [0.5, 0.6) is 0 Å². The zero-order valence-electron chi connectivity index (χ0n) is 16.0. The van der Waals surface area contributed by atoms with Gasteiger partial charge in [0.2, 0.25) is 0 Å². The smallest absolute Gasteiger partial charge is 0.307 e. The molecule has 5 nitrogen and oxygen atoms in total. The number of rotatable bonds is 6. The Labute approximate surface area is 187 Å². The number of carboxylic acid groups (broad SMARTS) is 1. The van der Waals surface area contributed by atoms with Crippen molar-refractivity contribution in [1.29, 1.82) is 0 Å². The number of benzene rings is 2. The maximum absolute atomic E-state index is 11.5. The summed E-state index contributed by atoms with van der Waals surface area (Å²) in [7, 11) is 0. The maximum Gasteiger partial charge on any atom is 0.307 e. The number of fused-ring (bicyclic) bond motifs is 1. The molecule has 0 aliphatic rings. The van der Waals surface area contributed by atoms with Crippen LogP contribution in [-0.4, -0.2) is 25.8 Å². The molecule has 2 aromatic heterocycles. The van der Waals surface area contributed by atoms with Gasteiger partial charge in [0.05, 0.1) is 28.9 Å². The van der Waals surface area contributed by atoms with Gasteiger partial charge in [0.1, 0.15) is 10.2 Å².